The number of amides is 1. The highest BCUT2D eigenvalue weighted by Crippen LogP contribution is 2.49. The summed E-state index contributed by atoms with van der Waals surface area (Å²) in [6, 6.07) is 9.01. The molecule has 2 atom stereocenters. The number of halogens is 5. The van der Waals surface area contributed by atoms with Crippen molar-refractivity contribution in [3.8, 4) is 16.5 Å². The molecule has 1 amide bonds. The van der Waals surface area contributed by atoms with Crippen LogP contribution in [0.25, 0.3) is 10.4 Å². The number of aromatic nitrogens is 1. The highest BCUT2D eigenvalue weighted by molar-refractivity contribution is 8.24. The molecule has 0 spiro atoms. The van der Waals surface area contributed by atoms with Crippen LogP contribution in [0.15, 0.2) is 24.3 Å². The average Bonchev–Trinajstić information content (AvgIpc) is 3.53. The van der Waals surface area contributed by atoms with Gasteiger partial charge in [-0.15, -0.1) is 11.3 Å². The second-order valence-corrected chi connectivity index (χ2v) is 14.4. The van der Waals surface area contributed by atoms with Crippen molar-refractivity contribution in [3.05, 3.63) is 35.0 Å². The molecule has 2 saturated carbocycles. The minimum absolute atomic E-state index is 0.134. The largest absolute Gasteiger partial charge is 0.395 e. The molecule has 1 saturated heterocycles. The van der Waals surface area contributed by atoms with Gasteiger partial charge in [0.05, 0.1) is 40.5 Å². The third kappa shape index (κ3) is 6.53. The predicted molar refractivity (Wildman–Crippen MR) is 143 cm³/mol. The van der Waals surface area contributed by atoms with Crippen molar-refractivity contribution in [2.75, 3.05) is 29.5 Å². The number of thiazole rings is 1. The van der Waals surface area contributed by atoms with Gasteiger partial charge in [0, 0.05) is 37.5 Å². The Hall–Kier alpha value is -2.47. The van der Waals surface area contributed by atoms with E-state index in [4.69, 9.17) is 0 Å². The molecular formula is C26H29F5N4O3S2. The lowest BCUT2D eigenvalue weighted by Gasteiger charge is -2.41. The summed E-state index contributed by atoms with van der Waals surface area (Å²) in [5, 5.41) is 11.8. The predicted octanol–water partition coefficient (Wildman–Crippen LogP) is 6.18. The standard InChI is InChI=1S/C26H29F5N4O3S2/c27-25(28)6-5-18(19(13-25)23(36)34-24(15-32)7-8-24)21-22(39-20(33-21)14-26(29,30)31)16-1-3-17(4-2-16)35-9-11-40(37,38)12-10-35/h1-4,18-19,37-38H,5-14H2,(H,34,36)/t18-,19-/m1/s1. The van der Waals surface area contributed by atoms with Crippen molar-refractivity contribution in [2.24, 2.45) is 5.92 Å². The molecule has 0 bridgehead atoms. The van der Waals surface area contributed by atoms with E-state index < -0.39 is 65.2 Å². The summed E-state index contributed by atoms with van der Waals surface area (Å²) in [4.78, 5) is 19.9. The number of nitriles is 1. The molecule has 7 nitrogen and oxygen atoms in total. The van der Waals surface area contributed by atoms with Crippen molar-refractivity contribution in [1.29, 1.82) is 5.26 Å². The monoisotopic (exact) mass is 604 g/mol. The molecule has 0 radical (unpaired) electrons. The summed E-state index contributed by atoms with van der Waals surface area (Å²) in [7, 11) is -2.58. The molecule has 0 unspecified atom stereocenters. The van der Waals surface area contributed by atoms with E-state index in [1.807, 2.05) is 11.0 Å². The maximum atomic E-state index is 14.5. The topological polar surface area (TPSA) is 109 Å². The number of anilines is 1. The third-order valence-electron chi connectivity index (χ3n) is 7.76. The average molecular weight is 605 g/mol. The first kappa shape index (κ1) is 29.0. The molecule has 2 aromatic rings. The molecule has 3 fully saturated rings. The SMILES string of the molecule is N#CC1(NC(=O)[C@@H]2CC(F)(F)CC[C@H]2c2nc(CC(F)(F)F)sc2-c2ccc(N3CCS(O)(O)CC3)cc2)CC1. The fraction of sp³-hybridized carbons (Fsp3) is 0.577. The lowest BCUT2D eigenvalue weighted by atomic mass is 9.74. The van der Waals surface area contributed by atoms with Crippen LogP contribution in [-0.2, 0) is 11.2 Å². The van der Waals surface area contributed by atoms with E-state index in [1.165, 1.54) is 0 Å². The Morgan fingerprint density at radius 3 is 2.40 bits per heavy atom. The molecule has 5 rings (SSSR count). The highest BCUT2D eigenvalue weighted by atomic mass is 32.3. The van der Waals surface area contributed by atoms with E-state index in [-0.39, 0.29) is 28.6 Å². The number of benzene rings is 1. The summed E-state index contributed by atoms with van der Waals surface area (Å²) in [6.07, 6.45) is -6.40. The molecule has 218 valence electrons. The molecule has 1 aliphatic heterocycles. The number of nitrogens with zero attached hydrogens (tertiary/aromatic N) is 3. The van der Waals surface area contributed by atoms with E-state index in [0.29, 0.717) is 36.4 Å². The zero-order chi connectivity index (χ0) is 28.9. The first-order chi connectivity index (χ1) is 18.7. The smallest absolute Gasteiger partial charge is 0.368 e. The Kier molecular flexibility index (Phi) is 7.56. The van der Waals surface area contributed by atoms with Gasteiger partial charge < -0.3 is 10.2 Å². The van der Waals surface area contributed by atoms with Crippen LogP contribution in [0.3, 0.4) is 0 Å². The van der Waals surface area contributed by atoms with E-state index in [9.17, 15) is 41.1 Å². The first-order valence-corrected chi connectivity index (χ1v) is 15.6. The van der Waals surface area contributed by atoms with Gasteiger partial charge in [-0.05, 0) is 37.0 Å². The Labute approximate surface area is 233 Å². The molecule has 1 aromatic heterocycles. The lowest BCUT2D eigenvalue weighted by Crippen LogP contribution is -2.45. The second kappa shape index (κ2) is 10.4. The van der Waals surface area contributed by atoms with Gasteiger partial charge in [0.2, 0.25) is 11.8 Å². The summed E-state index contributed by atoms with van der Waals surface area (Å²) in [5.74, 6) is -5.41. The van der Waals surface area contributed by atoms with Crippen LogP contribution in [0.1, 0.15) is 48.7 Å². The van der Waals surface area contributed by atoms with Gasteiger partial charge in [0.1, 0.15) is 10.5 Å². The molecule has 3 N–H and O–H groups in total. The molecule has 14 heteroatoms. The molecule has 1 aromatic carbocycles. The quantitative estimate of drug-likeness (QED) is 0.340. The van der Waals surface area contributed by atoms with Crippen molar-refractivity contribution >= 4 is 33.5 Å². The fourth-order valence-corrected chi connectivity index (χ4v) is 7.75. The van der Waals surface area contributed by atoms with E-state index in [0.717, 1.165) is 17.0 Å². The maximum absolute atomic E-state index is 14.5. The van der Waals surface area contributed by atoms with Gasteiger partial charge in [-0.2, -0.15) is 29.0 Å². The number of nitrogens with one attached hydrogen (secondary N) is 1. The van der Waals surface area contributed by atoms with Gasteiger partial charge >= 0.3 is 6.18 Å². The van der Waals surface area contributed by atoms with Crippen molar-refractivity contribution in [2.45, 2.75) is 62.1 Å². The molecular weight excluding hydrogens is 575 g/mol. The van der Waals surface area contributed by atoms with Gasteiger partial charge in [0.25, 0.3) is 0 Å². The minimum Gasteiger partial charge on any atom is -0.368 e. The maximum Gasteiger partial charge on any atom is 0.395 e. The molecule has 2 heterocycles. The number of hydrogen-bond acceptors (Lipinski definition) is 7. The van der Waals surface area contributed by atoms with Crippen LogP contribution in [-0.4, -0.2) is 62.2 Å². The lowest BCUT2D eigenvalue weighted by molar-refractivity contribution is -0.134. The Morgan fingerprint density at radius 1 is 1.18 bits per heavy atom. The zero-order valence-electron chi connectivity index (χ0n) is 21.4. The van der Waals surface area contributed by atoms with E-state index in [2.05, 4.69) is 10.3 Å². The van der Waals surface area contributed by atoms with E-state index >= 15 is 0 Å². The molecule has 2 aliphatic carbocycles. The third-order valence-corrected chi connectivity index (χ3v) is 10.6. The Bertz CT molecular complexity index is 1290. The van der Waals surface area contributed by atoms with Gasteiger partial charge in [-0.1, -0.05) is 12.1 Å². The molecule has 3 aliphatic rings. The van der Waals surface area contributed by atoms with Gasteiger partial charge in [0.15, 0.2) is 0 Å². The van der Waals surface area contributed by atoms with Gasteiger partial charge in [-0.3, -0.25) is 13.9 Å². The van der Waals surface area contributed by atoms with Crippen LogP contribution >= 0.6 is 21.9 Å². The number of carbonyl (C=O) groups is 1. The molecule has 40 heavy (non-hydrogen) atoms. The first-order valence-electron chi connectivity index (χ1n) is 12.9. The minimum atomic E-state index is -4.53. The van der Waals surface area contributed by atoms with Crippen LogP contribution < -0.4 is 10.2 Å². The van der Waals surface area contributed by atoms with Crippen molar-refractivity contribution < 1.29 is 35.9 Å². The zero-order valence-corrected chi connectivity index (χ0v) is 23.0. The summed E-state index contributed by atoms with van der Waals surface area (Å²) < 4.78 is 88.7. The van der Waals surface area contributed by atoms with Crippen LogP contribution in [0.4, 0.5) is 27.6 Å². The summed E-state index contributed by atoms with van der Waals surface area (Å²) >= 11 is 0.839. The van der Waals surface area contributed by atoms with Crippen molar-refractivity contribution in [3.63, 3.8) is 0 Å². The van der Waals surface area contributed by atoms with Crippen LogP contribution in [0.5, 0.6) is 0 Å². The van der Waals surface area contributed by atoms with Crippen molar-refractivity contribution in [1.82, 2.24) is 10.3 Å². The summed E-state index contributed by atoms with van der Waals surface area (Å²) in [5.41, 5.74) is 0.485. The number of hydrogen-bond donors (Lipinski definition) is 3. The van der Waals surface area contributed by atoms with E-state index in [1.54, 1.807) is 24.3 Å². The number of carbonyl (C=O) groups excluding carboxylic acids is 1. The van der Waals surface area contributed by atoms with Crippen LogP contribution in [0, 0.1) is 17.2 Å². The summed E-state index contributed by atoms with van der Waals surface area (Å²) in [6.45, 7) is 0.890. The Balaban J connectivity index is 1.47. The van der Waals surface area contributed by atoms with Crippen LogP contribution in [0.2, 0.25) is 0 Å². The Morgan fingerprint density at radius 2 is 1.82 bits per heavy atom. The fourth-order valence-electron chi connectivity index (χ4n) is 5.35. The van der Waals surface area contributed by atoms with Gasteiger partial charge in [-0.25, -0.2) is 13.8 Å². The number of rotatable bonds is 6. The number of alkyl halides is 5. The normalized spacial score (nSPS) is 26.0. The second-order valence-electron chi connectivity index (χ2n) is 10.9. The highest BCUT2D eigenvalue weighted by Gasteiger charge is 2.51.